The lowest BCUT2D eigenvalue weighted by molar-refractivity contribution is 0.0965. The summed E-state index contributed by atoms with van der Waals surface area (Å²) in [5.41, 5.74) is 6.15. The number of thiophene rings is 1. The highest BCUT2D eigenvalue weighted by Gasteiger charge is 2.42. The van der Waals surface area contributed by atoms with Crippen LogP contribution in [-0.2, 0) is 0 Å². The van der Waals surface area contributed by atoms with Gasteiger partial charge in [-0.25, -0.2) is 4.98 Å². The number of benzene rings is 3. The molecule has 6 heteroatoms. The molecule has 184 valence electrons. The number of methoxy groups -OCH3 is 1. The number of nitrogens with one attached hydrogen (secondary N) is 1. The minimum Gasteiger partial charge on any atom is -0.497 e. The van der Waals surface area contributed by atoms with Crippen molar-refractivity contribution in [3.63, 3.8) is 0 Å². The van der Waals surface area contributed by atoms with Gasteiger partial charge in [-0.05, 0) is 61.7 Å². The van der Waals surface area contributed by atoms with E-state index in [0.717, 1.165) is 55.3 Å². The number of aromatic nitrogens is 1. The number of para-hydroxylation sites is 1. The van der Waals surface area contributed by atoms with Gasteiger partial charge < -0.3 is 10.1 Å². The number of hydrogen-bond acceptors (Lipinski definition) is 5. The number of ether oxygens (including phenoxy) is 1. The Morgan fingerprint density at radius 3 is 2.32 bits per heavy atom. The molecule has 6 rings (SSSR count). The van der Waals surface area contributed by atoms with Gasteiger partial charge in [-0.15, -0.1) is 11.3 Å². The van der Waals surface area contributed by atoms with Crippen LogP contribution in [0.4, 0.5) is 11.4 Å². The largest absolute Gasteiger partial charge is 0.497 e. The van der Waals surface area contributed by atoms with Crippen LogP contribution in [0, 0.1) is 6.92 Å². The van der Waals surface area contributed by atoms with Gasteiger partial charge in [0.1, 0.15) is 21.1 Å². The molecule has 2 aromatic heterocycles. The zero-order chi connectivity index (χ0) is 25.7. The van der Waals surface area contributed by atoms with E-state index in [2.05, 4.69) is 35.6 Å². The number of rotatable bonds is 4. The predicted octanol–water partition coefficient (Wildman–Crippen LogP) is 7.76. The average Bonchev–Trinajstić information content (AvgIpc) is 3.27. The first-order valence-corrected chi connectivity index (χ1v) is 13.0. The Morgan fingerprint density at radius 1 is 0.919 bits per heavy atom. The van der Waals surface area contributed by atoms with Gasteiger partial charge in [0, 0.05) is 16.6 Å². The minimum atomic E-state index is -0.639. The number of nitrogens with zero attached hydrogens (tertiary/aromatic N) is 2. The van der Waals surface area contributed by atoms with E-state index < -0.39 is 5.66 Å². The number of carbonyl (C=O) groups is 1. The minimum absolute atomic E-state index is 0.0157. The monoisotopic (exact) mass is 505 g/mol. The molecule has 1 N–H and O–H groups in total. The maximum Gasteiger partial charge on any atom is 0.272 e. The van der Waals surface area contributed by atoms with Crippen molar-refractivity contribution in [2.45, 2.75) is 26.4 Å². The lowest BCUT2D eigenvalue weighted by atomic mass is 9.97. The molecule has 0 saturated heterocycles. The van der Waals surface area contributed by atoms with Crippen molar-refractivity contribution in [1.29, 1.82) is 0 Å². The van der Waals surface area contributed by atoms with Gasteiger partial charge in [0.15, 0.2) is 0 Å². The van der Waals surface area contributed by atoms with Crippen LogP contribution in [0.15, 0.2) is 84.9 Å². The third kappa shape index (κ3) is 3.85. The highest BCUT2D eigenvalue weighted by Crippen LogP contribution is 2.48. The standard InChI is InChI=1S/C31H27N3O2S/c1-19-10-8-9-13-25(19)34-30(35)28-27(33-31(34,2)3)26-23(20-14-16-22(36-4)17-15-20)18-24(32-29(26)37-28)21-11-6-5-7-12-21/h5-18,33H,1-4H3. The van der Waals surface area contributed by atoms with Crippen LogP contribution in [-0.4, -0.2) is 23.7 Å². The molecule has 0 spiro atoms. The first-order valence-electron chi connectivity index (χ1n) is 12.2. The maximum atomic E-state index is 14.1. The molecule has 1 amide bonds. The number of pyridine rings is 1. The van der Waals surface area contributed by atoms with Crippen LogP contribution in [0.5, 0.6) is 5.75 Å². The number of amides is 1. The number of aryl methyl sites for hydroxylation is 1. The number of hydrogen-bond donors (Lipinski definition) is 1. The normalized spacial score (nSPS) is 14.4. The summed E-state index contributed by atoms with van der Waals surface area (Å²) in [6.45, 7) is 6.12. The molecule has 0 unspecified atom stereocenters. The van der Waals surface area contributed by atoms with Crippen LogP contribution in [0.1, 0.15) is 29.1 Å². The molecule has 0 bridgehead atoms. The zero-order valence-electron chi connectivity index (χ0n) is 21.2. The second kappa shape index (κ2) is 8.75. The molecule has 3 aromatic carbocycles. The molecule has 37 heavy (non-hydrogen) atoms. The molecule has 0 aliphatic carbocycles. The van der Waals surface area contributed by atoms with E-state index >= 15 is 0 Å². The average molecular weight is 506 g/mol. The lowest BCUT2D eigenvalue weighted by Gasteiger charge is -2.43. The van der Waals surface area contributed by atoms with Crippen molar-refractivity contribution < 1.29 is 9.53 Å². The van der Waals surface area contributed by atoms with Crippen molar-refractivity contribution in [3.05, 3.63) is 95.4 Å². The Bertz CT molecular complexity index is 1640. The highest BCUT2D eigenvalue weighted by molar-refractivity contribution is 7.21. The Balaban J connectivity index is 1.60. The van der Waals surface area contributed by atoms with Gasteiger partial charge in [0.05, 0.1) is 18.5 Å². The smallest absolute Gasteiger partial charge is 0.272 e. The Morgan fingerprint density at radius 2 is 1.62 bits per heavy atom. The van der Waals surface area contributed by atoms with Gasteiger partial charge in [0.2, 0.25) is 0 Å². The topological polar surface area (TPSA) is 54.5 Å². The summed E-state index contributed by atoms with van der Waals surface area (Å²) < 4.78 is 5.39. The van der Waals surface area contributed by atoms with E-state index in [1.165, 1.54) is 11.3 Å². The fraction of sp³-hybridized carbons (Fsp3) is 0.161. The fourth-order valence-electron chi connectivity index (χ4n) is 5.07. The maximum absolute atomic E-state index is 14.1. The molecule has 3 heterocycles. The molecule has 5 nitrogen and oxygen atoms in total. The van der Waals surface area contributed by atoms with Crippen molar-refractivity contribution in [3.8, 4) is 28.1 Å². The van der Waals surface area contributed by atoms with Crippen LogP contribution >= 0.6 is 11.3 Å². The van der Waals surface area contributed by atoms with E-state index in [-0.39, 0.29) is 5.91 Å². The summed E-state index contributed by atoms with van der Waals surface area (Å²) in [6, 6.07) is 28.3. The fourth-order valence-corrected chi connectivity index (χ4v) is 6.15. The Kier molecular flexibility index (Phi) is 5.50. The second-order valence-electron chi connectivity index (χ2n) is 9.75. The Hall–Kier alpha value is -4.16. The van der Waals surface area contributed by atoms with Gasteiger partial charge in [-0.2, -0.15) is 0 Å². The van der Waals surface area contributed by atoms with Crippen molar-refractivity contribution in [2.24, 2.45) is 0 Å². The number of carbonyl (C=O) groups excluding carboxylic acids is 1. The summed E-state index contributed by atoms with van der Waals surface area (Å²) in [6.07, 6.45) is 0. The van der Waals surface area contributed by atoms with Crippen molar-refractivity contribution in [2.75, 3.05) is 17.3 Å². The molecule has 1 aliphatic heterocycles. The van der Waals surface area contributed by atoms with Crippen LogP contribution in [0.25, 0.3) is 32.6 Å². The van der Waals surface area contributed by atoms with Crippen LogP contribution < -0.4 is 15.0 Å². The summed E-state index contributed by atoms with van der Waals surface area (Å²) in [7, 11) is 1.67. The first kappa shape index (κ1) is 23.3. The second-order valence-corrected chi connectivity index (χ2v) is 10.7. The molecule has 0 saturated carbocycles. The zero-order valence-corrected chi connectivity index (χ0v) is 22.0. The molecule has 0 atom stereocenters. The first-order chi connectivity index (χ1) is 17.9. The third-order valence-corrected chi connectivity index (χ3v) is 7.95. The molecule has 0 fully saturated rings. The van der Waals surface area contributed by atoms with E-state index in [1.54, 1.807) is 7.11 Å². The van der Waals surface area contributed by atoms with Crippen LogP contribution in [0.2, 0.25) is 0 Å². The molecule has 5 aromatic rings. The van der Waals surface area contributed by atoms with Crippen molar-refractivity contribution >= 4 is 38.8 Å². The summed E-state index contributed by atoms with van der Waals surface area (Å²) >= 11 is 1.45. The van der Waals surface area contributed by atoms with Crippen molar-refractivity contribution in [1.82, 2.24) is 4.98 Å². The molecular formula is C31H27N3O2S. The van der Waals surface area contributed by atoms with Gasteiger partial charge >= 0.3 is 0 Å². The summed E-state index contributed by atoms with van der Waals surface area (Å²) in [5.74, 6) is 0.783. The van der Waals surface area contributed by atoms with Crippen LogP contribution in [0.3, 0.4) is 0 Å². The third-order valence-electron chi connectivity index (χ3n) is 6.88. The SMILES string of the molecule is COc1ccc(-c2cc(-c3ccccc3)nc3sc4c(c23)NC(C)(C)N(c2ccccc2C)C4=O)cc1. The number of anilines is 2. The van der Waals surface area contributed by atoms with Gasteiger partial charge in [0.25, 0.3) is 5.91 Å². The molecule has 0 radical (unpaired) electrons. The van der Waals surface area contributed by atoms with Gasteiger partial charge in [-0.1, -0.05) is 60.7 Å². The number of fused-ring (bicyclic) bond motifs is 3. The molecular weight excluding hydrogens is 478 g/mol. The lowest BCUT2D eigenvalue weighted by Crippen LogP contribution is -2.56. The van der Waals surface area contributed by atoms with E-state index in [0.29, 0.717) is 4.88 Å². The summed E-state index contributed by atoms with van der Waals surface area (Å²) in [5, 5.41) is 4.68. The highest BCUT2D eigenvalue weighted by atomic mass is 32.1. The predicted molar refractivity (Wildman–Crippen MR) is 153 cm³/mol. The van der Waals surface area contributed by atoms with Gasteiger partial charge in [-0.3, -0.25) is 9.69 Å². The van der Waals surface area contributed by atoms with E-state index in [4.69, 9.17) is 9.72 Å². The Labute approximate surface area is 220 Å². The quantitative estimate of drug-likeness (QED) is 0.271. The van der Waals surface area contributed by atoms with E-state index in [1.807, 2.05) is 80.3 Å². The molecule has 1 aliphatic rings. The van der Waals surface area contributed by atoms with E-state index in [9.17, 15) is 4.79 Å². The summed E-state index contributed by atoms with van der Waals surface area (Å²) in [4.78, 5) is 22.5.